The first-order valence-corrected chi connectivity index (χ1v) is 7.07. The van der Waals surface area contributed by atoms with Gasteiger partial charge in [0.25, 0.3) is 0 Å². The fraction of sp³-hybridized carbons (Fsp3) is 0.500. The molecule has 110 valence electrons. The highest BCUT2D eigenvalue weighted by molar-refractivity contribution is 5.96. The van der Waals surface area contributed by atoms with Gasteiger partial charge < -0.3 is 19.7 Å². The Hall–Kier alpha value is -2.15. The van der Waals surface area contributed by atoms with Gasteiger partial charge in [-0.25, -0.2) is 14.8 Å². The number of hydrogen-bond donors (Lipinski definition) is 2. The summed E-state index contributed by atoms with van der Waals surface area (Å²) in [5.41, 5.74) is 0.964. The molecule has 2 aromatic heterocycles. The molecule has 1 aliphatic heterocycles. The maximum Gasteiger partial charge on any atom is 0.352 e. The molecule has 1 saturated carbocycles. The third kappa shape index (κ3) is 2.13. The summed E-state index contributed by atoms with van der Waals surface area (Å²) in [7, 11) is 0. The van der Waals surface area contributed by atoms with Crippen LogP contribution in [0.2, 0.25) is 0 Å². The van der Waals surface area contributed by atoms with Crippen LogP contribution in [0.15, 0.2) is 12.4 Å². The summed E-state index contributed by atoms with van der Waals surface area (Å²) in [6, 6.07) is 1.61. The second-order valence-corrected chi connectivity index (χ2v) is 5.92. The van der Waals surface area contributed by atoms with Gasteiger partial charge in [-0.1, -0.05) is 0 Å². The number of ether oxygens (including phenoxy) is 1. The van der Waals surface area contributed by atoms with E-state index in [1.54, 1.807) is 6.07 Å². The average Bonchev–Trinajstić information content (AvgIpc) is 3.15. The highest BCUT2D eigenvalue weighted by Gasteiger charge is 2.45. The predicted molar refractivity (Wildman–Crippen MR) is 75.5 cm³/mol. The van der Waals surface area contributed by atoms with E-state index in [0.717, 1.165) is 30.9 Å². The van der Waals surface area contributed by atoms with E-state index in [2.05, 4.69) is 19.9 Å². The Kier molecular flexibility index (Phi) is 2.65. The number of carbonyl (C=O) groups is 1. The number of carboxylic acid groups (broad SMARTS) is 1. The number of hydrogen-bond acceptors (Lipinski definition) is 5. The second-order valence-electron chi connectivity index (χ2n) is 5.92. The summed E-state index contributed by atoms with van der Waals surface area (Å²) in [6.45, 7) is 3.16. The standard InChI is InChI=1S/C14H16N4O3/c19-13(20)10-5-9-11(17-10)15-8-16-12(9)18-3-4-21-7-14(6-18)1-2-14/h5,8H,1-4,6-7H2,(H,19,20)(H,15,16,17). The number of rotatable bonds is 2. The molecule has 7 nitrogen and oxygen atoms in total. The number of nitrogens with one attached hydrogen (secondary N) is 1. The fourth-order valence-electron chi connectivity index (χ4n) is 2.95. The summed E-state index contributed by atoms with van der Waals surface area (Å²) in [5, 5.41) is 9.87. The van der Waals surface area contributed by atoms with Crippen molar-refractivity contribution in [2.75, 3.05) is 31.2 Å². The molecule has 2 fully saturated rings. The Bertz CT molecular complexity index is 707. The molecule has 0 atom stereocenters. The van der Waals surface area contributed by atoms with Crippen LogP contribution in [0.3, 0.4) is 0 Å². The van der Waals surface area contributed by atoms with E-state index >= 15 is 0 Å². The monoisotopic (exact) mass is 288 g/mol. The SMILES string of the molecule is O=C(O)c1cc2c(N3CCOCC4(CC4)C3)ncnc2[nH]1. The Morgan fingerprint density at radius 2 is 2.29 bits per heavy atom. The summed E-state index contributed by atoms with van der Waals surface area (Å²) >= 11 is 0. The van der Waals surface area contributed by atoms with Crippen molar-refractivity contribution in [3.63, 3.8) is 0 Å². The van der Waals surface area contributed by atoms with Crippen LogP contribution in [0, 0.1) is 5.41 Å². The van der Waals surface area contributed by atoms with Crippen LogP contribution in [0.4, 0.5) is 5.82 Å². The van der Waals surface area contributed by atoms with E-state index in [0.29, 0.717) is 12.3 Å². The van der Waals surface area contributed by atoms with Crippen LogP contribution in [0.25, 0.3) is 11.0 Å². The quantitative estimate of drug-likeness (QED) is 0.864. The Labute approximate surface area is 120 Å². The van der Waals surface area contributed by atoms with Crippen molar-refractivity contribution in [1.29, 1.82) is 0 Å². The third-order valence-electron chi connectivity index (χ3n) is 4.33. The van der Waals surface area contributed by atoms with Crippen LogP contribution in [-0.2, 0) is 4.74 Å². The first kappa shape index (κ1) is 12.6. The van der Waals surface area contributed by atoms with Gasteiger partial charge in [0.05, 0.1) is 18.6 Å². The Morgan fingerprint density at radius 1 is 1.43 bits per heavy atom. The smallest absolute Gasteiger partial charge is 0.352 e. The molecule has 21 heavy (non-hydrogen) atoms. The van der Waals surface area contributed by atoms with E-state index in [1.165, 1.54) is 19.2 Å². The molecule has 3 heterocycles. The third-order valence-corrected chi connectivity index (χ3v) is 4.33. The summed E-state index contributed by atoms with van der Waals surface area (Å²) in [4.78, 5) is 24.6. The van der Waals surface area contributed by atoms with Crippen molar-refractivity contribution < 1.29 is 14.6 Å². The van der Waals surface area contributed by atoms with Gasteiger partial charge in [-0.2, -0.15) is 0 Å². The van der Waals surface area contributed by atoms with Gasteiger partial charge in [0.15, 0.2) is 0 Å². The topological polar surface area (TPSA) is 91.3 Å². The van der Waals surface area contributed by atoms with Crippen molar-refractivity contribution in [3.05, 3.63) is 18.1 Å². The minimum Gasteiger partial charge on any atom is -0.477 e. The van der Waals surface area contributed by atoms with Gasteiger partial charge in [0.1, 0.15) is 23.5 Å². The lowest BCUT2D eigenvalue weighted by molar-refractivity contribution is 0.0691. The second kappa shape index (κ2) is 4.42. The molecule has 0 radical (unpaired) electrons. The molecule has 0 unspecified atom stereocenters. The predicted octanol–water partition coefficient (Wildman–Crippen LogP) is 1.27. The van der Waals surface area contributed by atoms with E-state index in [1.807, 2.05) is 0 Å². The van der Waals surface area contributed by atoms with Crippen molar-refractivity contribution >= 4 is 22.8 Å². The minimum atomic E-state index is -0.989. The van der Waals surface area contributed by atoms with Gasteiger partial charge in [-0.05, 0) is 18.9 Å². The number of carboxylic acids is 1. The van der Waals surface area contributed by atoms with E-state index in [9.17, 15) is 4.79 Å². The van der Waals surface area contributed by atoms with Crippen molar-refractivity contribution in [2.24, 2.45) is 5.41 Å². The van der Waals surface area contributed by atoms with Crippen molar-refractivity contribution in [3.8, 4) is 0 Å². The lowest BCUT2D eigenvalue weighted by Crippen LogP contribution is -2.31. The highest BCUT2D eigenvalue weighted by atomic mass is 16.5. The molecule has 1 spiro atoms. The van der Waals surface area contributed by atoms with Crippen LogP contribution >= 0.6 is 0 Å². The minimum absolute atomic E-state index is 0.138. The molecule has 4 rings (SSSR count). The number of fused-ring (bicyclic) bond motifs is 1. The first-order valence-electron chi connectivity index (χ1n) is 7.07. The fourth-order valence-corrected chi connectivity index (χ4v) is 2.95. The molecule has 2 aromatic rings. The lowest BCUT2D eigenvalue weighted by atomic mass is 10.1. The van der Waals surface area contributed by atoms with Gasteiger partial charge >= 0.3 is 5.97 Å². The molecule has 2 N–H and O–H groups in total. The zero-order chi connectivity index (χ0) is 14.4. The molecule has 0 bridgehead atoms. The van der Waals surface area contributed by atoms with Crippen LogP contribution < -0.4 is 4.90 Å². The zero-order valence-electron chi connectivity index (χ0n) is 11.5. The van der Waals surface area contributed by atoms with Crippen molar-refractivity contribution in [1.82, 2.24) is 15.0 Å². The summed E-state index contributed by atoms with van der Waals surface area (Å²) in [5.74, 6) is -0.197. The van der Waals surface area contributed by atoms with Crippen LogP contribution in [-0.4, -0.2) is 52.3 Å². The highest BCUT2D eigenvalue weighted by Crippen LogP contribution is 2.48. The average molecular weight is 288 g/mol. The number of aromatic nitrogens is 3. The van der Waals surface area contributed by atoms with Crippen molar-refractivity contribution in [2.45, 2.75) is 12.8 Å². The number of nitrogens with zero attached hydrogens (tertiary/aromatic N) is 3. The first-order chi connectivity index (χ1) is 10.2. The van der Waals surface area contributed by atoms with Gasteiger partial charge in [0, 0.05) is 18.5 Å². The maximum absolute atomic E-state index is 11.1. The largest absolute Gasteiger partial charge is 0.477 e. The molecular formula is C14H16N4O3. The van der Waals surface area contributed by atoms with Gasteiger partial charge in [-0.15, -0.1) is 0 Å². The molecule has 0 aromatic carbocycles. The normalized spacial score (nSPS) is 20.7. The number of aromatic carboxylic acids is 1. The van der Waals surface area contributed by atoms with Gasteiger partial charge in [-0.3, -0.25) is 0 Å². The van der Waals surface area contributed by atoms with Crippen LogP contribution in [0.1, 0.15) is 23.3 Å². The molecule has 1 saturated heterocycles. The van der Waals surface area contributed by atoms with Crippen LogP contribution in [0.5, 0.6) is 0 Å². The summed E-state index contributed by atoms with van der Waals surface area (Å²) < 4.78 is 5.69. The number of H-pyrrole nitrogens is 1. The lowest BCUT2D eigenvalue weighted by Gasteiger charge is -2.24. The number of anilines is 1. The molecule has 0 amide bonds. The number of aromatic amines is 1. The Balaban J connectivity index is 1.76. The van der Waals surface area contributed by atoms with E-state index in [4.69, 9.17) is 9.84 Å². The molecule has 2 aliphatic rings. The summed E-state index contributed by atoms with van der Waals surface area (Å²) in [6.07, 6.45) is 3.85. The molecule has 1 aliphatic carbocycles. The molecular weight excluding hydrogens is 272 g/mol. The maximum atomic E-state index is 11.1. The van der Waals surface area contributed by atoms with E-state index < -0.39 is 5.97 Å². The van der Waals surface area contributed by atoms with Gasteiger partial charge in [0.2, 0.25) is 0 Å². The van der Waals surface area contributed by atoms with E-state index in [-0.39, 0.29) is 11.1 Å². The zero-order valence-corrected chi connectivity index (χ0v) is 11.5. The molecule has 7 heteroatoms. The Morgan fingerprint density at radius 3 is 3.05 bits per heavy atom.